The molecule has 0 aliphatic carbocycles. The zero-order valence-corrected chi connectivity index (χ0v) is 12.7. The molecule has 0 saturated carbocycles. The normalized spacial score (nSPS) is 11.5. The Morgan fingerprint density at radius 1 is 1.19 bits per heavy atom. The number of carbonyl (C=O) groups is 1. The molecule has 112 valence electrons. The van der Waals surface area contributed by atoms with Gasteiger partial charge in [0, 0.05) is 12.1 Å². The molecule has 0 aliphatic heterocycles. The van der Waals surface area contributed by atoms with Crippen LogP contribution in [0.15, 0.2) is 60.7 Å². The summed E-state index contributed by atoms with van der Waals surface area (Å²) in [6.07, 6.45) is 13.3. The maximum absolute atomic E-state index is 11.7. The molecule has 0 aromatic heterocycles. The first-order chi connectivity index (χ1) is 10.3. The average molecular weight is 285 g/mol. The van der Waals surface area contributed by atoms with E-state index in [1.807, 2.05) is 55.5 Å². The van der Waals surface area contributed by atoms with Crippen molar-refractivity contribution in [1.82, 2.24) is 5.32 Å². The summed E-state index contributed by atoms with van der Waals surface area (Å²) in [5.74, 6) is 0.703. The van der Waals surface area contributed by atoms with Gasteiger partial charge in [-0.3, -0.25) is 4.79 Å². The van der Waals surface area contributed by atoms with Gasteiger partial charge in [0.05, 0.1) is 7.11 Å². The molecule has 1 N–H and O–H groups in total. The number of hydrogen-bond donors (Lipinski definition) is 1. The van der Waals surface area contributed by atoms with E-state index in [1.54, 1.807) is 13.2 Å². The Morgan fingerprint density at radius 2 is 1.95 bits per heavy atom. The van der Waals surface area contributed by atoms with E-state index < -0.39 is 0 Å². The molecule has 1 amide bonds. The maximum atomic E-state index is 11.7. The number of ether oxygens (including phenoxy) is 1. The molecule has 0 saturated heterocycles. The third-order valence-electron chi connectivity index (χ3n) is 2.85. The van der Waals surface area contributed by atoms with Crippen molar-refractivity contribution in [3.05, 3.63) is 66.3 Å². The van der Waals surface area contributed by atoms with Crippen molar-refractivity contribution >= 4 is 5.91 Å². The fraction of sp³-hybridized carbons (Fsp3) is 0.278. The van der Waals surface area contributed by atoms with E-state index in [0.717, 1.165) is 24.2 Å². The highest BCUT2D eigenvalue weighted by atomic mass is 16.5. The van der Waals surface area contributed by atoms with Crippen molar-refractivity contribution in [3.63, 3.8) is 0 Å². The molecule has 3 nitrogen and oxygen atoms in total. The van der Waals surface area contributed by atoms with E-state index in [4.69, 9.17) is 4.74 Å². The van der Waals surface area contributed by atoms with Crippen LogP contribution in [0.5, 0.6) is 5.75 Å². The molecule has 1 aromatic carbocycles. The number of carbonyl (C=O) groups excluding carboxylic acids is 1. The summed E-state index contributed by atoms with van der Waals surface area (Å²) in [6.45, 7) is 2.45. The molecule has 3 heteroatoms. The number of methoxy groups -OCH3 is 1. The van der Waals surface area contributed by atoms with E-state index in [2.05, 4.69) is 11.4 Å². The smallest absolute Gasteiger partial charge is 0.243 e. The monoisotopic (exact) mass is 285 g/mol. The van der Waals surface area contributed by atoms with Gasteiger partial charge in [0.15, 0.2) is 0 Å². The second-order valence-corrected chi connectivity index (χ2v) is 4.46. The zero-order chi connectivity index (χ0) is 15.3. The van der Waals surface area contributed by atoms with Gasteiger partial charge in [0.1, 0.15) is 5.75 Å². The summed E-state index contributed by atoms with van der Waals surface area (Å²) in [6, 6.07) is 7.66. The van der Waals surface area contributed by atoms with Crippen LogP contribution in [0.2, 0.25) is 0 Å². The quantitative estimate of drug-likeness (QED) is 0.448. The number of amides is 1. The molecule has 0 heterocycles. The summed E-state index contributed by atoms with van der Waals surface area (Å²) < 4.78 is 5.24. The summed E-state index contributed by atoms with van der Waals surface area (Å²) in [7, 11) is 1.63. The van der Waals surface area contributed by atoms with Gasteiger partial charge in [0.2, 0.25) is 5.91 Å². The topological polar surface area (TPSA) is 38.3 Å². The molecule has 0 atom stereocenters. The Balaban J connectivity index is 2.30. The number of benzene rings is 1. The standard InChI is InChI=1S/C18H23NO2/c1-3-4-5-6-7-8-9-14-18(20)19-15-16-12-10-11-13-17(16)21-2/h3-6,9-14H,7-8,15H2,1-2H3,(H,19,20)/b4-3+,6-5+,14-9+. The highest BCUT2D eigenvalue weighted by Crippen LogP contribution is 2.16. The zero-order valence-electron chi connectivity index (χ0n) is 12.7. The Labute approximate surface area is 127 Å². The molecule has 0 aliphatic rings. The summed E-state index contributed by atoms with van der Waals surface area (Å²) in [5, 5.41) is 2.85. The van der Waals surface area contributed by atoms with Crippen LogP contribution in [-0.2, 0) is 11.3 Å². The second-order valence-electron chi connectivity index (χ2n) is 4.46. The van der Waals surface area contributed by atoms with Gasteiger partial charge in [-0.05, 0) is 31.9 Å². The number of nitrogens with one attached hydrogen (secondary N) is 1. The first-order valence-electron chi connectivity index (χ1n) is 7.12. The van der Waals surface area contributed by atoms with Crippen molar-refractivity contribution in [2.24, 2.45) is 0 Å². The molecular weight excluding hydrogens is 262 g/mol. The van der Waals surface area contributed by atoms with Gasteiger partial charge in [-0.15, -0.1) is 0 Å². The maximum Gasteiger partial charge on any atom is 0.243 e. The van der Waals surface area contributed by atoms with Crippen molar-refractivity contribution < 1.29 is 9.53 Å². The lowest BCUT2D eigenvalue weighted by molar-refractivity contribution is -0.116. The summed E-state index contributed by atoms with van der Waals surface area (Å²) in [5.41, 5.74) is 0.969. The number of para-hydroxylation sites is 1. The Morgan fingerprint density at radius 3 is 2.71 bits per heavy atom. The highest BCUT2D eigenvalue weighted by molar-refractivity contribution is 5.87. The van der Waals surface area contributed by atoms with Crippen LogP contribution in [0.1, 0.15) is 25.3 Å². The van der Waals surface area contributed by atoms with E-state index >= 15 is 0 Å². The van der Waals surface area contributed by atoms with E-state index in [0.29, 0.717) is 6.54 Å². The minimum Gasteiger partial charge on any atom is -0.496 e. The number of hydrogen-bond acceptors (Lipinski definition) is 2. The van der Waals surface area contributed by atoms with Gasteiger partial charge in [-0.1, -0.05) is 48.6 Å². The van der Waals surface area contributed by atoms with E-state index in [1.165, 1.54) is 0 Å². The first-order valence-corrected chi connectivity index (χ1v) is 7.12. The molecule has 0 spiro atoms. The molecular formula is C18H23NO2. The van der Waals surface area contributed by atoms with Gasteiger partial charge >= 0.3 is 0 Å². The molecule has 1 rings (SSSR count). The molecule has 21 heavy (non-hydrogen) atoms. The second kappa shape index (κ2) is 10.5. The van der Waals surface area contributed by atoms with Gasteiger partial charge in [-0.25, -0.2) is 0 Å². The predicted molar refractivity (Wildman–Crippen MR) is 87.2 cm³/mol. The third kappa shape index (κ3) is 7.16. The summed E-state index contributed by atoms with van der Waals surface area (Å²) >= 11 is 0. The minimum absolute atomic E-state index is 0.0849. The Kier molecular flexibility index (Phi) is 8.38. The van der Waals surface area contributed by atoms with Crippen molar-refractivity contribution in [1.29, 1.82) is 0 Å². The van der Waals surface area contributed by atoms with Gasteiger partial charge in [0.25, 0.3) is 0 Å². The lowest BCUT2D eigenvalue weighted by Gasteiger charge is -2.08. The number of unbranched alkanes of at least 4 members (excludes halogenated alkanes) is 1. The van der Waals surface area contributed by atoms with Crippen LogP contribution < -0.4 is 10.1 Å². The lowest BCUT2D eigenvalue weighted by atomic mass is 10.2. The Bertz CT molecular complexity index is 516. The van der Waals surface area contributed by atoms with E-state index in [-0.39, 0.29) is 5.91 Å². The first kappa shape index (κ1) is 16.8. The largest absolute Gasteiger partial charge is 0.496 e. The summed E-state index contributed by atoms with van der Waals surface area (Å²) in [4.78, 5) is 11.7. The number of allylic oxidation sites excluding steroid dienone is 5. The highest BCUT2D eigenvalue weighted by Gasteiger charge is 2.02. The average Bonchev–Trinajstić information content (AvgIpc) is 2.52. The fourth-order valence-corrected chi connectivity index (χ4v) is 1.76. The van der Waals surface area contributed by atoms with Crippen LogP contribution in [-0.4, -0.2) is 13.0 Å². The molecule has 0 radical (unpaired) electrons. The Hall–Kier alpha value is -2.29. The molecule has 0 bridgehead atoms. The molecule has 1 aromatic rings. The van der Waals surface area contributed by atoms with Crippen molar-refractivity contribution in [2.45, 2.75) is 26.3 Å². The fourth-order valence-electron chi connectivity index (χ4n) is 1.76. The van der Waals surface area contributed by atoms with Crippen LogP contribution in [0.4, 0.5) is 0 Å². The van der Waals surface area contributed by atoms with Crippen molar-refractivity contribution in [2.75, 3.05) is 7.11 Å². The van der Waals surface area contributed by atoms with Crippen molar-refractivity contribution in [3.8, 4) is 5.75 Å². The van der Waals surface area contributed by atoms with E-state index in [9.17, 15) is 4.79 Å². The van der Waals surface area contributed by atoms with Gasteiger partial charge in [-0.2, -0.15) is 0 Å². The van der Waals surface area contributed by atoms with Crippen LogP contribution >= 0.6 is 0 Å². The molecule has 0 fully saturated rings. The predicted octanol–water partition coefficient (Wildman–Crippen LogP) is 3.78. The lowest BCUT2D eigenvalue weighted by Crippen LogP contribution is -2.20. The molecule has 0 unspecified atom stereocenters. The van der Waals surface area contributed by atoms with Gasteiger partial charge < -0.3 is 10.1 Å². The SMILES string of the molecule is C/C=C/C=C/CC/C=C/C(=O)NCc1ccccc1OC. The third-order valence-corrected chi connectivity index (χ3v) is 2.85. The van der Waals surface area contributed by atoms with Crippen LogP contribution in [0.25, 0.3) is 0 Å². The van der Waals surface area contributed by atoms with Crippen LogP contribution in [0, 0.1) is 0 Å². The minimum atomic E-state index is -0.0849. The van der Waals surface area contributed by atoms with Crippen LogP contribution in [0.3, 0.4) is 0 Å². The number of rotatable bonds is 8.